The lowest BCUT2D eigenvalue weighted by molar-refractivity contribution is 0.194. The molecule has 0 heterocycles. The molecule has 0 radical (unpaired) electrons. The summed E-state index contributed by atoms with van der Waals surface area (Å²) in [5.41, 5.74) is 1.84. The van der Waals surface area contributed by atoms with Gasteiger partial charge in [-0.2, -0.15) is 0 Å². The quantitative estimate of drug-likeness (QED) is 0.919. The van der Waals surface area contributed by atoms with Crippen LogP contribution in [0.3, 0.4) is 0 Å². The molecule has 1 N–H and O–H groups in total. The van der Waals surface area contributed by atoms with E-state index in [1.807, 2.05) is 6.92 Å². The van der Waals surface area contributed by atoms with E-state index in [-0.39, 0.29) is 18.0 Å². The summed E-state index contributed by atoms with van der Waals surface area (Å²) < 4.78 is 32.3. The maximum atomic E-state index is 13.7. The number of hydrogen-bond acceptors (Lipinski definition) is 2. The van der Waals surface area contributed by atoms with E-state index in [1.165, 1.54) is 31.2 Å². The van der Waals surface area contributed by atoms with Gasteiger partial charge in [0.25, 0.3) is 0 Å². The Balaban J connectivity index is 2.11. The lowest BCUT2D eigenvalue weighted by atomic mass is 10.1. The van der Waals surface area contributed by atoms with E-state index in [2.05, 4.69) is 0 Å². The standard InChI is InChI=1S/C16H16F2O2/c1-10-3-4-13(17)7-12(10)9-20-14-5-6-15(11(2)19)16(18)8-14/h3-8,11,19H,9H2,1-2H3/t11-/m0/s1. The zero-order valence-electron chi connectivity index (χ0n) is 11.4. The third kappa shape index (κ3) is 3.33. The highest BCUT2D eigenvalue weighted by atomic mass is 19.1. The minimum Gasteiger partial charge on any atom is -0.489 e. The second-order valence-corrected chi connectivity index (χ2v) is 4.72. The molecule has 0 bridgehead atoms. The van der Waals surface area contributed by atoms with Crippen molar-refractivity contribution in [1.29, 1.82) is 0 Å². The van der Waals surface area contributed by atoms with Crippen molar-refractivity contribution in [2.24, 2.45) is 0 Å². The largest absolute Gasteiger partial charge is 0.489 e. The second-order valence-electron chi connectivity index (χ2n) is 4.72. The van der Waals surface area contributed by atoms with Crippen molar-refractivity contribution in [3.8, 4) is 5.75 Å². The van der Waals surface area contributed by atoms with Crippen LogP contribution in [0.25, 0.3) is 0 Å². The van der Waals surface area contributed by atoms with E-state index >= 15 is 0 Å². The van der Waals surface area contributed by atoms with Gasteiger partial charge >= 0.3 is 0 Å². The van der Waals surface area contributed by atoms with E-state index in [0.717, 1.165) is 5.56 Å². The van der Waals surface area contributed by atoms with Gasteiger partial charge in [0.1, 0.15) is 24.0 Å². The van der Waals surface area contributed by atoms with Crippen LogP contribution >= 0.6 is 0 Å². The lowest BCUT2D eigenvalue weighted by Gasteiger charge is -2.11. The molecule has 106 valence electrons. The van der Waals surface area contributed by atoms with Crippen LogP contribution in [0.4, 0.5) is 8.78 Å². The summed E-state index contributed by atoms with van der Waals surface area (Å²) in [5.74, 6) is -0.506. The average molecular weight is 278 g/mol. The molecule has 2 nitrogen and oxygen atoms in total. The van der Waals surface area contributed by atoms with Crippen LogP contribution in [0.2, 0.25) is 0 Å². The summed E-state index contributed by atoms with van der Waals surface area (Å²) in [6.07, 6.45) is -0.866. The fourth-order valence-corrected chi connectivity index (χ4v) is 1.89. The van der Waals surface area contributed by atoms with Crippen LogP contribution in [0, 0.1) is 18.6 Å². The Morgan fingerprint density at radius 1 is 1.15 bits per heavy atom. The fourth-order valence-electron chi connectivity index (χ4n) is 1.89. The number of rotatable bonds is 4. The summed E-state index contributed by atoms with van der Waals surface area (Å²) in [6.45, 7) is 3.52. The molecule has 0 aromatic heterocycles. The van der Waals surface area contributed by atoms with Crippen molar-refractivity contribution in [3.05, 3.63) is 64.7 Å². The van der Waals surface area contributed by atoms with Crippen LogP contribution < -0.4 is 4.74 Å². The van der Waals surface area contributed by atoms with Crippen molar-refractivity contribution < 1.29 is 18.6 Å². The summed E-state index contributed by atoms with van der Waals surface area (Å²) >= 11 is 0. The number of hydrogen-bond donors (Lipinski definition) is 1. The predicted octanol–water partition coefficient (Wildman–Crippen LogP) is 3.91. The number of ether oxygens (including phenoxy) is 1. The molecule has 0 amide bonds. The molecular formula is C16H16F2O2. The number of halogens is 2. The van der Waals surface area contributed by atoms with Crippen molar-refractivity contribution in [3.63, 3.8) is 0 Å². The molecule has 4 heteroatoms. The summed E-state index contributed by atoms with van der Waals surface area (Å²) in [5, 5.41) is 9.35. The van der Waals surface area contributed by atoms with Crippen molar-refractivity contribution in [2.45, 2.75) is 26.6 Å². The Kier molecular flexibility index (Phi) is 4.35. The van der Waals surface area contributed by atoms with E-state index in [9.17, 15) is 13.9 Å². The van der Waals surface area contributed by atoms with Gasteiger partial charge < -0.3 is 9.84 Å². The van der Waals surface area contributed by atoms with Gasteiger partial charge in [-0.25, -0.2) is 8.78 Å². The minimum atomic E-state index is -0.866. The van der Waals surface area contributed by atoms with Gasteiger partial charge in [0, 0.05) is 11.6 Å². The third-order valence-electron chi connectivity index (χ3n) is 3.13. The predicted molar refractivity (Wildman–Crippen MR) is 72.5 cm³/mol. The molecule has 20 heavy (non-hydrogen) atoms. The van der Waals surface area contributed by atoms with Crippen LogP contribution in [0.15, 0.2) is 36.4 Å². The van der Waals surface area contributed by atoms with Crippen molar-refractivity contribution in [2.75, 3.05) is 0 Å². The van der Waals surface area contributed by atoms with Gasteiger partial charge in [-0.3, -0.25) is 0 Å². The minimum absolute atomic E-state index is 0.164. The molecule has 0 aliphatic heterocycles. The first kappa shape index (κ1) is 14.5. The van der Waals surface area contributed by atoms with E-state index in [4.69, 9.17) is 4.74 Å². The number of aryl methyl sites for hydroxylation is 1. The fraction of sp³-hybridized carbons (Fsp3) is 0.250. The molecule has 2 aromatic rings. The molecule has 0 unspecified atom stereocenters. The maximum absolute atomic E-state index is 13.7. The molecule has 2 rings (SSSR count). The Morgan fingerprint density at radius 2 is 1.90 bits per heavy atom. The zero-order valence-corrected chi connectivity index (χ0v) is 11.4. The lowest BCUT2D eigenvalue weighted by Crippen LogP contribution is -2.01. The topological polar surface area (TPSA) is 29.5 Å². The number of aliphatic hydroxyl groups is 1. The van der Waals surface area contributed by atoms with Gasteiger partial charge in [0.15, 0.2) is 0 Å². The van der Waals surface area contributed by atoms with Gasteiger partial charge in [-0.05, 0) is 49.2 Å². The van der Waals surface area contributed by atoms with E-state index in [0.29, 0.717) is 11.3 Å². The molecule has 2 aromatic carbocycles. The molecule has 1 atom stereocenters. The molecule has 0 saturated heterocycles. The van der Waals surface area contributed by atoms with E-state index < -0.39 is 11.9 Å². The highest BCUT2D eigenvalue weighted by Crippen LogP contribution is 2.23. The highest BCUT2D eigenvalue weighted by molar-refractivity contribution is 5.31. The van der Waals surface area contributed by atoms with Gasteiger partial charge in [-0.15, -0.1) is 0 Å². The monoisotopic (exact) mass is 278 g/mol. The summed E-state index contributed by atoms with van der Waals surface area (Å²) in [7, 11) is 0. The molecular weight excluding hydrogens is 262 g/mol. The second kappa shape index (κ2) is 6.01. The van der Waals surface area contributed by atoms with Crippen LogP contribution in [0.5, 0.6) is 5.75 Å². The molecule has 0 fully saturated rings. The van der Waals surface area contributed by atoms with Gasteiger partial charge in [0.05, 0.1) is 6.10 Å². The number of benzene rings is 2. The molecule has 0 spiro atoms. The van der Waals surface area contributed by atoms with Crippen LogP contribution in [-0.2, 0) is 6.61 Å². The van der Waals surface area contributed by atoms with Crippen molar-refractivity contribution in [1.82, 2.24) is 0 Å². The highest BCUT2D eigenvalue weighted by Gasteiger charge is 2.09. The summed E-state index contributed by atoms with van der Waals surface area (Å²) in [6, 6.07) is 8.74. The first-order valence-corrected chi connectivity index (χ1v) is 6.32. The Hall–Kier alpha value is -1.94. The van der Waals surface area contributed by atoms with Crippen LogP contribution in [-0.4, -0.2) is 5.11 Å². The van der Waals surface area contributed by atoms with Gasteiger partial charge in [0.2, 0.25) is 0 Å². The third-order valence-corrected chi connectivity index (χ3v) is 3.13. The first-order chi connectivity index (χ1) is 9.47. The Bertz CT molecular complexity index is 609. The maximum Gasteiger partial charge on any atom is 0.132 e. The van der Waals surface area contributed by atoms with E-state index in [1.54, 1.807) is 12.1 Å². The van der Waals surface area contributed by atoms with Gasteiger partial charge in [-0.1, -0.05) is 6.07 Å². The smallest absolute Gasteiger partial charge is 0.132 e. The Labute approximate surface area is 116 Å². The molecule has 0 aliphatic carbocycles. The average Bonchev–Trinajstić information content (AvgIpc) is 2.39. The van der Waals surface area contributed by atoms with Crippen LogP contribution in [0.1, 0.15) is 29.7 Å². The normalized spacial score (nSPS) is 12.2. The van der Waals surface area contributed by atoms with Crippen molar-refractivity contribution >= 4 is 0 Å². The molecule has 0 aliphatic rings. The first-order valence-electron chi connectivity index (χ1n) is 6.32. The Morgan fingerprint density at radius 3 is 2.55 bits per heavy atom. The summed E-state index contributed by atoms with van der Waals surface area (Å²) in [4.78, 5) is 0. The zero-order chi connectivity index (χ0) is 14.7. The SMILES string of the molecule is Cc1ccc(F)cc1COc1ccc([C@H](C)O)c(F)c1. The molecule has 0 saturated carbocycles. The number of aliphatic hydroxyl groups excluding tert-OH is 1.